The van der Waals surface area contributed by atoms with E-state index in [1.807, 2.05) is 12.1 Å². The molecule has 0 saturated carbocycles. The van der Waals surface area contributed by atoms with E-state index in [1.54, 1.807) is 49.5 Å². The van der Waals surface area contributed by atoms with E-state index in [1.165, 1.54) is 17.5 Å². The monoisotopic (exact) mass is 462 g/mol. The Morgan fingerprint density at radius 3 is 2.45 bits per heavy atom. The number of nitrogens with one attached hydrogen (secondary N) is 2. The largest absolute Gasteiger partial charge is 0.349 e. The SMILES string of the molecule is CN(C)C(=O)Cc1ccc(NC(=O)c2c(NC(=O)c3cccnc3)sc3c2CCCC3)cc1. The van der Waals surface area contributed by atoms with Crippen LogP contribution in [0.15, 0.2) is 48.8 Å². The standard InChI is InChI=1S/C25H26N4O3S/c1-29(2)21(30)14-16-9-11-18(12-10-16)27-24(32)22-19-7-3-4-8-20(19)33-25(22)28-23(31)17-6-5-13-26-15-17/h5-6,9-13,15H,3-4,7-8,14H2,1-2H3,(H,27,32)(H,28,31). The summed E-state index contributed by atoms with van der Waals surface area (Å²) in [5.41, 5.74) is 3.53. The number of likely N-dealkylation sites (N-methyl/N-ethyl adjacent to an activating group) is 1. The molecule has 0 aliphatic heterocycles. The number of aromatic nitrogens is 1. The number of rotatable bonds is 6. The highest BCUT2D eigenvalue weighted by Crippen LogP contribution is 2.38. The molecule has 0 bridgehead atoms. The van der Waals surface area contributed by atoms with E-state index in [2.05, 4.69) is 15.6 Å². The molecule has 1 aliphatic rings. The van der Waals surface area contributed by atoms with E-state index in [-0.39, 0.29) is 17.7 Å². The van der Waals surface area contributed by atoms with Crippen LogP contribution in [0.2, 0.25) is 0 Å². The smallest absolute Gasteiger partial charge is 0.258 e. The van der Waals surface area contributed by atoms with Crippen LogP contribution >= 0.6 is 11.3 Å². The van der Waals surface area contributed by atoms with Crippen molar-refractivity contribution in [2.24, 2.45) is 0 Å². The molecule has 33 heavy (non-hydrogen) atoms. The first kappa shape index (κ1) is 22.7. The topological polar surface area (TPSA) is 91.4 Å². The summed E-state index contributed by atoms with van der Waals surface area (Å²) in [5.74, 6) is -0.510. The van der Waals surface area contributed by atoms with E-state index >= 15 is 0 Å². The van der Waals surface area contributed by atoms with E-state index in [0.29, 0.717) is 28.2 Å². The van der Waals surface area contributed by atoms with Crippen molar-refractivity contribution in [1.29, 1.82) is 0 Å². The maximum atomic E-state index is 13.3. The number of nitrogens with zero attached hydrogens (tertiary/aromatic N) is 2. The molecular weight excluding hydrogens is 436 g/mol. The second-order valence-corrected chi connectivity index (χ2v) is 9.33. The van der Waals surface area contributed by atoms with Crippen LogP contribution in [0, 0.1) is 0 Å². The molecular formula is C25H26N4O3S. The predicted octanol–water partition coefficient (Wildman–Crippen LogP) is 4.16. The Bertz CT molecular complexity index is 1170. The molecule has 170 valence electrons. The van der Waals surface area contributed by atoms with Crippen LogP contribution < -0.4 is 10.6 Å². The molecule has 3 amide bonds. The highest BCUT2D eigenvalue weighted by atomic mass is 32.1. The number of pyridine rings is 1. The van der Waals surface area contributed by atoms with E-state index in [4.69, 9.17) is 0 Å². The number of aryl methyl sites for hydroxylation is 1. The fraction of sp³-hybridized carbons (Fsp3) is 0.280. The molecule has 1 aromatic carbocycles. The maximum absolute atomic E-state index is 13.3. The number of anilines is 2. The minimum absolute atomic E-state index is 0.0192. The van der Waals surface area contributed by atoms with Gasteiger partial charge in [0.2, 0.25) is 5.91 Å². The number of benzene rings is 1. The van der Waals surface area contributed by atoms with Gasteiger partial charge in [-0.2, -0.15) is 0 Å². The van der Waals surface area contributed by atoms with E-state index < -0.39 is 0 Å². The third-order valence-electron chi connectivity index (χ3n) is 5.62. The molecule has 7 nitrogen and oxygen atoms in total. The van der Waals surface area contributed by atoms with Crippen molar-refractivity contribution >= 4 is 39.7 Å². The summed E-state index contributed by atoms with van der Waals surface area (Å²) < 4.78 is 0. The molecule has 4 rings (SSSR count). The molecule has 3 aromatic rings. The minimum Gasteiger partial charge on any atom is -0.349 e. The predicted molar refractivity (Wildman–Crippen MR) is 130 cm³/mol. The fourth-order valence-corrected chi connectivity index (χ4v) is 5.08. The Morgan fingerprint density at radius 2 is 1.76 bits per heavy atom. The van der Waals surface area contributed by atoms with Crippen molar-refractivity contribution in [3.63, 3.8) is 0 Å². The number of fused-ring (bicyclic) bond motifs is 1. The quantitative estimate of drug-likeness (QED) is 0.576. The maximum Gasteiger partial charge on any atom is 0.258 e. The lowest BCUT2D eigenvalue weighted by Gasteiger charge is -2.14. The fourth-order valence-electron chi connectivity index (χ4n) is 3.80. The Morgan fingerprint density at radius 1 is 1.00 bits per heavy atom. The van der Waals surface area contributed by atoms with Gasteiger partial charge in [0.1, 0.15) is 5.00 Å². The van der Waals surface area contributed by atoms with E-state index in [9.17, 15) is 14.4 Å². The number of hydrogen-bond donors (Lipinski definition) is 2. The average Bonchev–Trinajstić information content (AvgIpc) is 3.18. The van der Waals surface area contributed by atoms with Gasteiger partial charge >= 0.3 is 0 Å². The van der Waals surface area contributed by atoms with Gasteiger partial charge in [0.25, 0.3) is 11.8 Å². The number of hydrogen-bond acceptors (Lipinski definition) is 5. The third-order valence-corrected chi connectivity index (χ3v) is 6.82. The number of thiophene rings is 1. The first-order valence-corrected chi connectivity index (χ1v) is 11.7. The normalized spacial score (nSPS) is 12.5. The summed E-state index contributed by atoms with van der Waals surface area (Å²) in [6.07, 6.45) is 7.27. The zero-order chi connectivity index (χ0) is 23.4. The number of carbonyl (C=O) groups is 3. The number of amides is 3. The van der Waals surface area contributed by atoms with Crippen molar-refractivity contribution in [3.8, 4) is 0 Å². The van der Waals surface area contributed by atoms with Gasteiger partial charge in [0, 0.05) is 37.1 Å². The summed E-state index contributed by atoms with van der Waals surface area (Å²) in [6.45, 7) is 0. The molecule has 2 N–H and O–H groups in total. The van der Waals surface area contributed by atoms with Crippen LogP contribution in [0.4, 0.5) is 10.7 Å². The highest BCUT2D eigenvalue weighted by molar-refractivity contribution is 7.17. The molecule has 2 heterocycles. The van der Waals surface area contributed by atoms with Crippen LogP contribution in [-0.2, 0) is 24.1 Å². The summed E-state index contributed by atoms with van der Waals surface area (Å²) >= 11 is 1.48. The molecule has 0 saturated heterocycles. The van der Waals surface area contributed by atoms with Crippen LogP contribution in [0.5, 0.6) is 0 Å². The van der Waals surface area contributed by atoms with Crippen molar-refractivity contribution in [2.45, 2.75) is 32.1 Å². The Labute approximate surface area is 196 Å². The van der Waals surface area contributed by atoms with Crippen LogP contribution in [0.3, 0.4) is 0 Å². The average molecular weight is 463 g/mol. The summed E-state index contributed by atoms with van der Waals surface area (Å²) in [6, 6.07) is 10.7. The lowest BCUT2D eigenvalue weighted by molar-refractivity contribution is -0.127. The Kier molecular flexibility index (Phi) is 6.84. The van der Waals surface area contributed by atoms with Crippen molar-refractivity contribution in [1.82, 2.24) is 9.88 Å². The van der Waals surface area contributed by atoms with Crippen molar-refractivity contribution in [3.05, 3.63) is 75.9 Å². The van der Waals surface area contributed by atoms with Gasteiger partial charge < -0.3 is 15.5 Å². The number of carbonyl (C=O) groups excluding carboxylic acids is 3. The first-order valence-electron chi connectivity index (χ1n) is 10.9. The lowest BCUT2D eigenvalue weighted by atomic mass is 9.95. The van der Waals surface area contributed by atoms with Gasteiger partial charge in [-0.3, -0.25) is 19.4 Å². The Balaban J connectivity index is 1.55. The third kappa shape index (κ3) is 5.28. The van der Waals surface area contributed by atoms with Crippen molar-refractivity contribution < 1.29 is 14.4 Å². The van der Waals surface area contributed by atoms with Crippen molar-refractivity contribution in [2.75, 3.05) is 24.7 Å². The van der Waals surface area contributed by atoms with Crippen LogP contribution in [-0.4, -0.2) is 41.7 Å². The molecule has 0 radical (unpaired) electrons. The highest BCUT2D eigenvalue weighted by Gasteiger charge is 2.26. The van der Waals surface area contributed by atoms with Crippen LogP contribution in [0.1, 0.15) is 49.6 Å². The summed E-state index contributed by atoms with van der Waals surface area (Å²) in [4.78, 5) is 44.7. The summed E-state index contributed by atoms with van der Waals surface area (Å²) in [7, 11) is 3.45. The van der Waals surface area contributed by atoms with Gasteiger partial charge in [-0.05, 0) is 61.1 Å². The molecule has 8 heteroatoms. The van der Waals surface area contributed by atoms with E-state index in [0.717, 1.165) is 41.7 Å². The van der Waals surface area contributed by atoms with Crippen LogP contribution in [0.25, 0.3) is 0 Å². The second kappa shape index (κ2) is 9.95. The molecule has 1 aliphatic carbocycles. The zero-order valence-corrected chi connectivity index (χ0v) is 19.5. The molecule has 0 spiro atoms. The molecule has 0 unspecified atom stereocenters. The van der Waals surface area contributed by atoms with Gasteiger partial charge in [0.15, 0.2) is 0 Å². The Hall–Kier alpha value is -3.52. The molecule has 2 aromatic heterocycles. The van der Waals surface area contributed by atoms with Gasteiger partial charge in [-0.15, -0.1) is 11.3 Å². The molecule has 0 atom stereocenters. The zero-order valence-electron chi connectivity index (χ0n) is 18.7. The summed E-state index contributed by atoms with van der Waals surface area (Å²) in [5, 5.41) is 6.46. The van der Waals surface area contributed by atoms with Gasteiger partial charge in [0.05, 0.1) is 17.5 Å². The van der Waals surface area contributed by atoms with Gasteiger partial charge in [-0.25, -0.2) is 0 Å². The minimum atomic E-state index is -0.286. The molecule has 0 fully saturated rings. The lowest BCUT2D eigenvalue weighted by Crippen LogP contribution is -2.23. The second-order valence-electron chi connectivity index (χ2n) is 8.23. The first-order chi connectivity index (χ1) is 15.9. The van der Waals surface area contributed by atoms with Gasteiger partial charge in [-0.1, -0.05) is 12.1 Å².